The van der Waals surface area contributed by atoms with Crippen molar-refractivity contribution in [1.82, 2.24) is 0 Å². The van der Waals surface area contributed by atoms with Crippen molar-refractivity contribution >= 4 is 11.7 Å². The van der Waals surface area contributed by atoms with Crippen molar-refractivity contribution in [2.45, 2.75) is 65.2 Å². The molecule has 118 valence electrons. The fraction of sp³-hybridized carbons (Fsp3) is 0.611. The van der Waals surface area contributed by atoms with Crippen LogP contribution < -0.4 is 5.73 Å². The second-order valence-corrected chi connectivity index (χ2v) is 5.65. The molecule has 0 heterocycles. The standard InChI is InChI=1S/C18H29NO2/c1-3-4-5-6-7-8-9-10-14-21-18(20)16-13-11-12-15(2)17(16)19/h11-13H,3-10,14,19H2,1-2H3. The molecule has 1 aromatic rings. The maximum Gasteiger partial charge on any atom is 0.340 e. The van der Waals surface area contributed by atoms with Crippen LogP contribution in [0.25, 0.3) is 0 Å². The van der Waals surface area contributed by atoms with Gasteiger partial charge in [-0.2, -0.15) is 0 Å². The molecule has 0 amide bonds. The Morgan fingerprint density at radius 1 is 1.05 bits per heavy atom. The largest absolute Gasteiger partial charge is 0.462 e. The Morgan fingerprint density at radius 2 is 1.67 bits per heavy atom. The first-order chi connectivity index (χ1) is 10.2. The van der Waals surface area contributed by atoms with Gasteiger partial charge in [0.25, 0.3) is 0 Å². The molecule has 0 fully saturated rings. The Labute approximate surface area is 128 Å². The first kappa shape index (κ1) is 17.5. The van der Waals surface area contributed by atoms with Gasteiger partial charge in [0.1, 0.15) is 0 Å². The maximum atomic E-state index is 11.9. The number of esters is 1. The highest BCUT2D eigenvalue weighted by Crippen LogP contribution is 2.17. The summed E-state index contributed by atoms with van der Waals surface area (Å²) in [5.41, 5.74) is 7.81. The highest BCUT2D eigenvalue weighted by atomic mass is 16.5. The summed E-state index contributed by atoms with van der Waals surface area (Å²) in [5, 5.41) is 0. The molecule has 1 aromatic carbocycles. The van der Waals surface area contributed by atoms with Gasteiger partial charge in [0.15, 0.2) is 0 Å². The molecule has 0 aliphatic rings. The zero-order chi connectivity index (χ0) is 15.5. The van der Waals surface area contributed by atoms with E-state index in [1.807, 2.05) is 19.1 Å². The Hall–Kier alpha value is -1.51. The van der Waals surface area contributed by atoms with E-state index in [1.54, 1.807) is 6.07 Å². The molecule has 0 aliphatic carbocycles. The van der Waals surface area contributed by atoms with Crippen LogP contribution in [0, 0.1) is 6.92 Å². The number of ether oxygens (including phenoxy) is 1. The number of nitrogen functional groups attached to an aromatic ring is 1. The molecule has 0 saturated heterocycles. The molecule has 0 aliphatic heterocycles. The van der Waals surface area contributed by atoms with Crippen LogP contribution in [-0.2, 0) is 4.74 Å². The van der Waals surface area contributed by atoms with Gasteiger partial charge in [-0.25, -0.2) is 4.79 Å². The lowest BCUT2D eigenvalue weighted by atomic mass is 10.1. The molecule has 2 N–H and O–H groups in total. The summed E-state index contributed by atoms with van der Waals surface area (Å²) in [6, 6.07) is 5.45. The van der Waals surface area contributed by atoms with Crippen LogP contribution in [0.15, 0.2) is 18.2 Å². The SMILES string of the molecule is CCCCCCCCCCOC(=O)c1cccc(C)c1N. The van der Waals surface area contributed by atoms with Gasteiger partial charge in [-0.05, 0) is 25.0 Å². The summed E-state index contributed by atoms with van der Waals surface area (Å²) >= 11 is 0. The molecule has 0 aromatic heterocycles. The van der Waals surface area contributed by atoms with Gasteiger partial charge >= 0.3 is 5.97 Å². The summed E-state index contributed by atoms with van der Waals surface area (Å²) in [5.74, 6) is -0.306. The number of rotatable bonds is 10. The van der Waals surface area contributed by atoms with Gasteiger partial charge in [0.05, 0.1) is 12.2 Å². The minimum absolute atomic E-state index is 0.306. The quantitative estimate of drug-likeness (QED) is 0.380. The van der Waals surface area contributed by atoms with Crippen LogP contribution in [0.3, 0.4) is 0 Å². The zero-order valence-electron chi connectivity index (χ0n) is 13.5. The number of carbonyl (C=O) groups excluding carboxylic acids is 1. The maximum absolute atomic E-state index is 11.9. The normalized spacial score (nSPS) is 10.6. The van der Waals surface area contributed by atoms with E-state index in [1.165, 1.54) is 38.5 Å². The van der Waals surface area contributed by atoms with E-state index in [4.69, 9.17) is 10.5 Å². The molecule has 0 atom stereocenters. The second kappa shape index (κ2) is 10.3. The van der Waals surface area contributed by atoms with Crippen LogP contribution in [-0.4, -0.2) is 12.6 Å². The van der Waals surface area contributed by atoms with Crippen molar-refractivity contribution in [3.05, 3.63) is 29.3 Å². The van der Waals surface area contributed by atoms with Crippen LogP contribution in [0.2, 0.25) is 0 Å². The number of hydrogen-bond donors (Lipinski definition) is 1. The summed E-state index contributed by atoms with van der Waals surface area (Å²) in [6.45, 7) is 4.61. The van der Waals surface area contributed by atoms with Gasteiger partial charge in [-0.3, -0.25) is 0 Å². The molecular weight excluding hydrogens is 262 g/mol. The number of aryl methyl sites for hydroxylation is 1. The third kappa shape index (κ3) is 6.65. The first-order valence-electron chi connectivity index (χ1n) is 8.19. The number of carbonyl (C=O) groups is 1. The molecule has 0 saturated carbocycles. The Kier molecular flexibility index (Phi) is 8.56. The number of hydrogen-bond acceptors (Lipinski definition) is 3. The summed E-state index contributed by atoms with van der Waals surface area (Å²) < 4.78 is 5.29. The molecule has 0 spiro atoms. The van der Waals surface area contributed by atoms with Crippen molar-refractivity contribution in [3.8, 4) is 0 Å². The molecule has 0 bridgehead atoms. The van der Waals surface area contributed by atoms with Crippen LogP contribution in [0.5, 0.6) is 0 Å². The lowest BCUT2D eigenvalue weighted by Gasteiger charge is -2.08. The van der Waals surface area contributed by atoms with Crippen molar-refractivity contribution in [2.24, 2.45) is 0 Å². The minimum atomic E-state index is -0.306. The Morgan fingerprint density at radius 3 is 2.33 bits per heavy atom. The fourth-order valence-corrected chi connectivity index (χ4v) is 2.34. The molecule has 21 heavy (non-hydrogen) atoms. The van der Waals surface area contributed by atoms with E-state index in [9.17, 15) is 4.79 Å². The average Bonchev–Trinajstić information content (AvgIpc) is 2.48. The summed E-state index contributed by atoms with van der Waals surface area (Å²) in [7, 11) is 0. The van der Waals surface area contributed by atoms with Crippen molar-refractivity contribution in [3.63, 3.8) is 0 Å². The number of benzene rings is 1. The number of anilines is 1. The predicted molar refractivity (Wildman–Crippen MR) is 88.5 cm³/mol. The smallest absolute Gasteiger partial charge is 0.340 e. The minimum Gasteiger partial charge on any atom is -0.462 e. The van der Waals surface area contributed by atoms with Crippen molar-refractivity contribution < 1.29 is 9.53 Å². The molecule has 3 heteroatoms. The number of para-hydroxylation sites is 1. The monoisotopic (exact) mass is 291 g/mol. The second-order valence-electron chi connectivity index (χ2n) is 5.65. The average molecular weight is 291 g/mol. The van der Waals surface area contributed by atoms with E-state index < -0.39 is 0 Å². The van der Waals surface area contributed by atoms with Crippen molar-refractivity contribution in [1.29, 1.82) is 0 Å². The van der Waals surface area contributed by atoms with Crippen molar-refractivity contribution in [2.75, 3.05) is 12.3 Å². The zero-order valence-corrected chi connectivity index (χ0v) is 13.5. The van der Waals surface area contributed by atoms with Crippen LogP contribution in [0.1, 0.15) is 74.2 Å². The number of nitrogens with two attached hydrogens (primary N) is 1. The Balaban J connectivity index is 2.13. The lowest BCUT2D eigenvalue weighted by Crippen LogP contribution is -2.10. The lowest BCUT2D eigenvalue weighted by molar-refractivity contribution is 0.0499. The molecule has 0 radical (unpaired) electrons. The van der Waals surface area contributed by atoms with Gasteiger partial charge in [-0.15, -0.1) is 0 Å². The van der Waals surface area contributed by atoms with E-state index in [0.29, 0.717) is 17.9 Å². The highest BCUT2D eigenvalue weighted by molar-refractivity contribution is 5.95. The van der Waals surface area contributed by atoms with E-state index >= 15 is 0 Å². The Bertz CT molecular complexity index is 429. The summed E-state index contributed by atoms with van der Waals surface area (Å²) in [4.78, 5) is 11.9. The third-order valence-corrected chi connectivity index (χ3v) is 3.78. The van der Waals surface area contributed by atoms with Gasteiger partial charge in [0, 0.05) is 5.69 Å². The third-order valence-electron chi connectivity index (χ3n) is 3.78. The van der Waals surface area contributed by atoms with Crippen LogP contribution in [0.4, 0.5) is 5.69 Å². The van der Waals surface area contributed by atoms with E-state index in [2.05, 4.69) is 6.92 Å². The molecule has 3 nitrogen and oxygen atoms in total. The number of unbranched alkanes of at least 4 members (excludes halogenated alkanes) is 7. The summed E-state index contributed by atoms with van der Waals surface area (Å²) in [6.07, 6.45) is 9.89. The molecule has 0 unspecified atom stereocenters. The van der Waals surface area contributed by atoms with Crippen LogP contribution >= 0.6 is 0 Å². The fourth-order valence-electron chi connectivity index (χ4n) is 2.34. The van der Waals surface area contributed by atoms with Gasteiger partial charge in [-0.1, -0.05) is 64.0 Å². The van der Waals surface area contributed by atoms with E-state index in [-0.39, 0.29) is 5.97 Å². The van der Waals surface area contributed by atoms with Gasteiger partial charge in [0.2, 0.25) is 0 Å². The molecular formula is C18H29NO2. The van der Waals surface area contributed by atoms with E-state index in [0.717, 1.165) is 18.4 Å². The highest BCUT2D eigenvalue weighted by Gasteiger charge is 2.11. The molecule has 1 rings (SSSR count). The van der Waals surface area contributed by atoms with Gasteiger partial charge < -0.3 is 10.5 Å². The predicted octanol–water partition coefficient (Wildman–Crippen LogP) is 4.87. The topological polar surface area (TPSA) is 52.3 Å². The first-order valence-corrected chi connectivity index (χ1v) is 8.19.